The van der Waals surface area contributed by atoms with Crippen molar-refractivity contribution in [2.45, 2.75) is 30.7 Å². The van der Waals surface area contributed by atoms with Crippen LogP contribution in [0.4, 0.5) is 0 Å². The van der Waals surface area contributed by atoms with Crippen LogP contribution in [0.5, 0.6) is 0 Å². The van der Waals surface area contributed by atoms with Crippen LogP contribution in [0.15, 0.2) is 29.2 Å². The zero-order valence-electron chi connectivity index (χ0n) is 10.9. The minimum absolute atomic E-state index is 0.0497. The Morgan fingerprint density at radius 3 is 2.25 bits per heavy atom. The van der Waals surface area contributed by atoms with E-state index < -0.39 is 27.9 Å². The van der Waals surface area contributed by atoms with Crippen molar-refractivity contribution in [1.29, 1.82) is 0 Å². The van der Waals surface area contributed by atoms with E-state index in [1.54, 1.807) is 6.92 Å². The molecule has 1 rings (SSSR count). The molecule has 1 aromatic carbocycles. The van der Waals surface area contributed by atoms with Crippen LogP contribution in [0, 0.1) is 0 Å². The number of nitrogens with two attached hydrogens (primary N) is 1. The minimum atomic E-state index is -3.86. The van der Waals surface area contributed by atoms with Gasteiger partial charge in [0.1, 0.15) is 6.04 Å². The van der Waals surface area contributed by atoms with E-state index in [9.17, 15) is 18.0 Å². The molecule has 4 N–H and O–H groups in total. The average molecular weight is 300 g/mol. The second-order valence-corrected chi connectivity index (χ2v) is 5.91. The fourth-order valence-electron chi connectivity index (χ4n) is 1.56. The van der Waals surface area contributed by atoms with Crippen LogP contribution in [0.1, 0.15) is 18.9 Å². The molecule has 0 spiro atoms. The molecule has 0 aliphatic carbocycles. The van der Waals surface area contributed by atoms with Crippen molar-refractivity contribution in [2.75, 3.05) is 0 Å². The molecule has 0 aliphatic heterocycles. The van der Waals surface area contributed by atoms with Crippen molar-refractivity contribution in [3.63, 3.8) is 0 Å². The molecule has 0 saturated heterocycles. The highest BCUT2D eigenvalue weighted by Gasteiger charge is 2.22. The van der Waals surface area contributed by atoms with E-state index in [2.05, 4.69) is 4.72 Å². The smallest absolute Gasteiger partial charge is 0.307 e. The summed E-state index contributed by atoms with van der Waals surface area (Å²) in [5.74, 6) is -1.75. The largest absolute Gasteiger partial charge is 0.481 e. The summed E-state index contributed by atoms with van der Waals surface area (Å²) in [7, 11) is -3.86. The second kappa shape index (κ2) is 6.49. The lowest BCUT2D eigenvalue weighted by atomic mass is 10.2. The van der Waals surface area contributed by atoms with Gasteiger partial charge in [-0.15, -0.1) is 0 Å². The van der Waals surface area contributed by atoms with Gasteiger partial charge < -0.3 is 10.8 Å². The molecule has 0 aliphatic rings. The standard InChI is InChI=1S/C12H16N2O5S/c1-2-10(12(13)17)14-20(18,19)9-5-3-8(4-6-9)7-11(15)16/h3-6,10,14H,2,7H2,1H3,(H2,13,17)(H,15,16). The molecule has 1 unspecified atom stereocenters. The summed E-state index contributed by atoms with van der Waals surface area (Å²) in [5.41, 5.74) is 5.56. The van der Waals surface area contributed by atoms with Gasteiger partial charge in [0, 0.05) is 0 Å². The predicted octanol–water partition coefficient (Wildman–Crippen LogP) is -0.144. The highest BCUT2D eigenvalue weighted by atomic mass is 32.2. The Balaban J connectivity index is 2.92. The first-order valence-corrected chi connectivity index (χ1v) is 7.37. The Morgan fingerprint density at radius 1 is 1.30 bits per heavy atom. The summed E-state index contributed by atoms with van der Waals surface area (Å²) in [6, 6.07) is 4.42. The molecule has 1 aromatic rings. The van der Waals surface area contributed by atoms with Crippen molar-refractivity contribution in [3.05, 3.63) is 29.8 Å². The van der Waals surface area contributed by atoms with Crippen LogP contribution in [-0.2, 0) is 26.0 Å². The molecular formula is C12H16N2O5S. The zero-order valence-corrected chi connectivity index (χ0v) is 11.7. The number of aliphatic carboxylic acids is 1. The van der Waals surface area contributed by atoms with Gasteiger partial charge >= 0.3 is 5.97 Å². The fraction of sp³-hybridized carbons (Fsp3) is 0.333. The maximum atomic E-state index is 12.0. The first kappa shape index (κ1) is 16.1. The van der Waals surface area contributed by atoms with Crippen molar-refractivity contribution < 1.29 is 23.1 Å². The Morgan fingerprint density at radius 2 is 1.85 bits per heavy atom. The Bertz CT molecular complexity index is 595. The number of nitrogens with one attached hydrogen (secondary N) is 1. The van der Waals surface area contributed by atoms with Gasteiger partial charge in [-0.1, -0.05) is 19.1 Å². The lowest BCUT2D eigenvalue weighted by molar-refractivity contribution is -0.136. The third-order valence-corrected chi connectivity index (χ3v) is 4.13. The number of hydrogen-bond donors (Lipinski definition) is 3. The molecule has 110 valence electrons. The van der Waals surface area contributed by atoms with Gasteiger partial charge in [-0.3, -0.25) is 9.59 Å². The fourth-order valence-corrected chi connectivity index (χ4v) is 2.85. The van der Waals surface area contributed by atoms with Crippen molar-refractivity contribution in [1.82, 2.24) is 4.72 Å². The first-order valence-electron chi connectivity index (χ1n) is 5.88. The maximum absolute atomic E-state index is 12.0. The van der Waals surface area contributed by atoms with Crippen molar-refractivity contribution in [2.24, 2.45) is 5.73 Å². The predicted molar refractivity (Wildman–Crippen MR) is 71.4 cm³/mol. The molecule has 0 heterocycles. The summed E-state index contributed by atoms with van der Waals surface area (Å²) in [6.07, 6.45) is 0.0539. The molecule has 0 saturated carbocycles. The Kier molecular flexibility index (Phi) is 5.23. The van der Waals surface area contributed by atoms with E-state index in [-0.39, 0.29) is 17.7 Å². The summed E-state index contributed by atoms with van der Waals surface area (Å²) < 4.78 is 26.2. The summed E-state index contributed by atoms with van der Waals surface area (Å²) in [5, 5.41) is 8.63. The number of primary amides is 1. The SMILES string of the molecule is CCC(NS(=O)(=O)c1ccc(CC(=O)O)cc1)C(N)=O. The number of benzene rings is 1. The van der Waals surface area contributed by atoms with E-state index in [0.717, 1.165) is 0 Å². The number of carboxylic acid groups (broad SMARTS) is 1. The Labute approximate surface area is 116 Å². The first-order chi connectivity index (χ1) is 9.26. The molecule has 7 nitrogen and oxygen atoms in total. The lowest BCUT2D eigenvalue weighted by Gasteiger charge is -2.13. The zero-order chi connectivity index (χ0) is 15.3. The molecule has 0 radical (unpaired) electrons. The van der Waals surface area contributed by atoms with Crippen molar-refractivity contribution in [3.8, 4) is 0 Å². The minimum Gasteiger partial charge on any atom is -0.481 e. The molecular weight excluding hydrogens is 284 g/mol. The van der Waals surface area contributed by atoms with Crippen LogP contribution < -0.4 is 10.5 Å². The van der Waals surface area contributed by atoms with Gasteiger partial charge in [-0.05, 0) is 24.1 Å². The molecule has 0 fully saturated rings. The number of carboxylic acids is 1. The van der Waals surface area contributed by atoms with E-state index in [1.807, 2.05) is 0 Å². The second-order valence-electron chi connectivity index (χ2n) is 4.20. The van der Waals surface area contributed by atoms with Crippen LogP contribution in [-0.4, -0.2) is 31.4 Å². The number of amides is 1. The maximum Gasteiger partial charge on any atom is 0.307 e. The summed E-state index contributed by atoms with van der Waals surface area (Å²) in [6.45, 7) is 1.63. The van der Waals surface area contributed by atoms with E-state index >= 15 is 0 Å². The third kappa shape index (κ3) is 4.32. The molecule has 20 heavy (non-hydrogen) atoms. The molecule has 0 bridgehead atoms. The Hall–Kier alpha value is -1.93. The van der Waals surface area contributed by atoms with E-state index in [1.165, 1.54) is 24.3 Å². The van der Waals surface area contributed by atoms with Gasteiger partial charge in [0.05, 0.1) is 11.3 Å². The summed E-state index contributed by atoms with van der Waals surface area (Å²) in [4.78, 5) is 21.5. The third-order valence-electron chi connectivity index (χ3n) is 2.64. The van der Waals surface area contributed by atoms with Crippen LogP contribution in [0.2, 0.25) is 0 Å². The molecule has 1 atom stereocenters. The van der Waals surface area contributed by atoms with E-state index in [4.69, 9.17) is 10.8 Å². The average Bonchev–Trinajstić information content (AvgIpc) is 2.35. The van der Waals surface area contributed by atoms with Crippen molar-refractivity contribution >= 4 is 21.9 Å². The van der Waals surface area contributed by atoms with E-state index in [0.29, 0.717) is 5.56 Å². The van der Waals surface area contributed by atoms with Gasteiger partial charge in [0.15, 0.2) is 0 Å². The quantitative estimate of drug-likeness (QED) is 0.645. The van der Waals surface area contributed by atoms with Gasteiger partial charge in [-0.2, -0.15) is 4.72 Å². The highest BCUT2D eigenvalue weighted by Crippen LogP contribution is 2.12. The van der Waals surface area contributed by atoms with Gasteiger partial charge in [0.25, 0.3) is 0 Å². The van der Waals surface area contributed by atoms with Gasteiger partial charge in [0.2, 0.25) is 15.9 Å². The van der Waals surface area contributed by atoms with Gasteiger partial charge in [-0.25, -0.2) is 8.42 Å². The monoisotopic (exact) mass is 300 g/mol. The molecule has 8 heteroatoms. The lowest BCUT2D eigenvalue weighted by Crippen LogP contribution is -2.43. The summed E-state index contributed by atoms with van der Waals surface area (Å²) >= 11 is 0. The van der Waals surface area contributed by atoms with Crippen LogP contribution in [0.3, 0.4) is 0 Å². The molecule has 1 amide bonds. The molecule has 0 aromatic heterocycles. The highest BCUT2D eigenvalue weighted by molar-refractivity contribution is 7.89. The topological polar surface area (TPSA) is 127 Å². The van der Waals surface area contributed by atoms with Crippen LogP contribution in [0.25, 0.3) is 0 Å². The number of rotatable bonds is 7. The number of carbonyl (C=O) groups is 2. The number of hydrogen-bond acceptors (Lipinski definition) is 4. The number of carbonyl (C=O) groups excluding carboxylic acids is 1. The number of sulfonamides is 1. The normalized spacial score (nSPS) is 12.8. The van der Waals surface area contributed by atoms with Crippen LogP contribution >= 0.6 is 0 Å².